The first-order valence-electron chi connectivity index (χ1n) is 3.54. The minimum atomic E-state index is -1.23. The van der Waals surface area contributed by atoms with Gasteiger partial charge < -0.3 is 4.79 Å². The highest BCUT2D eigenvalue weighted by molar-refractivity contribution is 8.00. The molecule has 1 heterocycles. The van der Waals surface area contributed by atoms with Crippen molar-refractivity contribution in [2.24, 2.45) is 0 Å². The molecule has 1 nitrogen and oxygen atoms in total. The predicted molar refractivity (Wildman–Crippen MR) is 41.1 cm³/mol. The van der Waals surface area contributed by atoms with Crippen LogP contribution in [0.25, 0.3) is 0 Å². The molecule has 0 amide bonds. The van der Waals surface area contributed by atoms with Gasteiger partial charge in [0.2, 0.25) is 0 Å². The molecule has 0 aliphatic carbocycles. The summed E-state index contributed by atoms with van der Waals surface area (Å²) >= 11 is 1.79. The number of aldehydes is 1. The molecule has 1 rings (SSSR count). The van der Waals surface area contributed by atoms with Crippen molar-refractivity contribution < 1.29 is 9.18 Å². The summed E-state index contributed by atoms with van der Waals surface area (Å²) in [5.41, 5.74) is 0. The van der Waals surface area contributed by atoms with E-state index in [1.54, 1.807) is 11.8 Å². The molecule has 1 fully saturated rings. The van der Waals surface area contributed by atoms with E-state index in [9.17, 15) is 9.18 Å². The molecule has 10 heavy (non-hydrogen) atoms. The number of alkyl halides is 1. The zero-order valence-electron chi connectivity index (χ0n) is 5.75. The Kier molecular flexibility index (Phi) is 3.19. The lowest BCUT2D eigenvalue weighted by Crippen LogP contribution is -2.09. The van der Waals surface area contributed by atoms with Crippen molar-refractivity contribution >= 4 is 18.0 Å². The monoisotopic (exact) mass is 162 g/mol. The summed E-state index contributed by atoms with van der Waals surface area (Å²) in [6, 6.07) is 0. The van der Waals surface area contributed by atoms with E-state index in [0.717, 1.165) is 12.2 Å². The summed E-state index contributed by atoms with van der Waals surface area (Å²) in [6.07, 6.45) is 1.86. The van der Waals surface area contributed by atoms with Gasteiger partial charge in [0.1, 0.15) is 0 Å². The van der Waals surface area contributed by atoms with E-state index in [1.807, 2.05) is 0 Å². The molecule has 0 bridgehead atoms. The van der Waals surface area contributed by atoms with E-state index < -0.39 is 6.17 Å². The Balaban J connectivity index is 2.17. The van der Waals surface area contributed by atoms with Gasteiger partial charge in [0.25, 0.3) is 0 Å². The topological polar surface area (TPSA) is 17.1 Å². The van der Waals surface area contributed by atoms with E-state index in [2.05, 4.69) is 0 Å². The van der Waals surface area contributed by atoms with Gasteiger partial charge in [0.15, 0.2) is 12.5 Å². The van der Waals surface area contributed by atoms with Crippen LogP contribution in [0.3, 0.4) is 0 Å². The van der Waals surface area contributed by atoms with Crippen molar-refractivity contribution in [3.63, 3.8) is 0 Å². The van der Waals surface area contributed by atoms with Crippen molar-refractivity contribution in [1.82, 2.24) is 0 Å². The highest BCUT2D eigenvalue weighted by Crippen LogP contribution is 2.29. The molecule has 0 aromatic rings. The van der Waals surface area contributed by atoms with Crippen molar-refractivity contribution in [2.75, 3.05) is 5.75 Å². The SMILES string of the molecule is O=CC(F)CC1CCCS1. The first-order chi connectivity index (χ1) is 4.83. The molecule has 1 aliphatic heterocycles. The lowest BCUT2D eigenvalue weighted by atomic mass is 10.1. The second-order valence-corrected chi connectivity index (χ2v) is 3.93. The second-order valence-electron chi connectivity index (χ2n) is 2.52. The van der Waals surface area contributed by atoms with Crippen molar-refractivity contribution in [3.05, 3.63) is 0 Å². The van der Waals surface area contributed by atoms with Crippen molar-refractivity contribution in [1.29, 1.82) is 0 Å². The van der Waals surface area contributed by atoms with Crippen LogP contribution in [0.5, 0.6) is 0 Å². The van der Waals surface area contributed by atoms with Gasteiger partial charge in [-0.15, -0.1) is 0 Å². The molecule has 1 aliphatic rings. The van der Waals surface area contributed by atoms with Crippen LogP contribution in [0.2, 0.25) is 0 Å². The standard InChI is InChI=1S/C7H11FOS/c8-6(5-9)4-7-2-1-3-10-7/h5-7H,1-4H2. The smallest absolute Gasteiger partial charge is 0.156 e. The fraction of sp³-hybridized carbons (Fsp3) is 0.857. The molecule has 3 heteroatoms. The third kappa shape index (κ3) is 2.29. The van der Waals surface area contributed by atoms with Crippen LogP contribution in [-0.4, -0.2) is 23.5 Å². The Morgan fingerprint density at radius 3 is 3.10 bits per heavy atom. The van der Waals surface area contributed by atoms with Crippen LogP contribution in [0.1, 0.15) is 19.3 Å². The molecule has 0 saturated carbocycles. The van der Waals surface area contributed by atoms with E-state index in [4.69, 9.17) is 0 Å². The molecular weight excluding hydrogens is 151 g/mol. The maximum absolute atomic E-state index is 12.4. The molecule has 0 aromatic heterocycles. The molecule has 0 N–H and O–H groups in total. The number of hydrogen-bond acceptors (Lipinski definition) is 2. The summed E-state index contributed by atoms with van der Waals surface area (Å²) in [5, 5.41) is 0.403. The Morgan fingerprint density at radius 1 is 1.80 bits per heavy atom. The second kappa shape index (κ2) is 3.96. The fourth-order valence-electron chi connectivity index (χ4n) is 1.14. The molecule has 2 atom stereocenters. The average molecular weight is 162 g/mol. The van der Waals surface area contributed by atoms with Crippen LogP contribution in [0.4, 0.5) is 4.39 Å². The minimum absolute atomic E-state index is 0.402. The molecule has 0 radical (unpaired) electrons. The van der Waals surface area contributed by atoms with Gasteiger partial charge in [0.05, 0.1) is 0 Å². The maximum atomic E-state index is 12.4. The maximum Gasteiger partial charge on any atom is 0.156 e. The van der Waals surface area contributed by atoms with E-state index in [0.29, 0.717) is 18.0 Å². The Hall–Kier alpha value is -0.0500. The summed E-state index contributed by atoms with van der Waals surface area (Å²) in [5.74, 6) is 1.14. The van der Waals surface area contributed by atoms with E-state index in [1.165, 1.54) is 6.42 Å². The molecule has 2 unspecified atom stereocenters. The highest BCUT2D eigenvalue weighted by Gasteiger charge is 2.19. The fourth-order valence-corrected chi connectivity index (χ4v) is 2.46. The van der Waals surface area contributed by atoms with Gasteiger partial charge in [-0.05, 0) is 25.0 Å². The summed E-state index contributed by atoms with van der Waals surface area (Å²) in [6.45, 7) is 0. The third-order valence-electron chi connectivity index (χ3n) is 1.66. The van der Waals surface area contributed by atoms with Gasteiger partial charge in [-0.25, -0.2) is 4.39 Å². The summed E-state index contributed by atoms with van der Waals surface area (Å²) in [4.78, 5) is 9.91. The van der Waals surface area contributed by atoms with Crippen LogP contribution < -0.4 is 0 Å². The lowest BCUT2D eigenvalue weighted by molar-refractivity contribution is -0.112. The average Bonchev–Trinajstić information content (AvgIpc) is 2.40. The van der Waals surface area contributed by atoms with Crippen molar-refractivity contribution in [3.8, 4) is 0 Å². The molecular formula is C7H11FOS. The van der Waals surface area contributed by atoms with Crippen LogP contribution in [-0.2, 0) is 4.79 Å². The van der Waals surface area contributed by atoms with Gasteiger partial charge in [-0.1, -0.05) is 0 Å². The molecule has 1 saturated heterocycles. The quantitative estimate of drug-likeness (QED) is 0.589. The Labute approximate surface area is 64.4 Å². The molecule has 58 valence electrons. The largest absolute Gasteiger partial charge is 0.300 e. The number of thioether (sulfide) groups is 1. The van der Waals surface area contributed by atoms with Crippen LogP contribution in [0, 0.1) is 0 Å². The van der Waals surface area contributed by atoms with Crippen molar-refractivity contribution in [2.45, 2.75) is 30.7 Å². The van der Waals surface area contributed by atoms with Crippen LogP contribution in [0.15, 0.2) is 0 Å². The first kappa shape index (κ1) is 8.05. The highest BCUT2D eigenvalue weighted by atomic mass is 32.2. The van der Waals surface area contributed by atoms with E-state index in [-0.39, 0.29) is 0 Å². The van der Waals surface area contributed by atoms with Gasteiger partial charge in [0, 0.05) is 5.25 Å². The molecule has 0 aromatic carbocycles. The lowest BCUT2D eigenvalue weighted by Gasteiger charge is -2.06. The number of halogens is 1. The first-order valence-corrected chi connectivity index (χ1v) is 4.59. The Morgan fingerprint density at radius 2 is 2.60 bits per heavy atom. The number of carbonyl (C=O) groups excluding carboxylic acids is 1. The zero-order chi connectivity index (χ0) is 7.40. The van der Waals surface area contributed by atoms with Gasteiger partial charge in [-0.3, -0.25) is 0 Å². The number of carbonyl (C=O) groups is 1. The third-order valence-corrected chi connectivity index (χ3v) is 3.08. The number of hydrogen-bond donors (Lipinski definition) is 0. The van der Waals surface area contributed by atoms with E-state index >= 15 is 0 Å². The normalized spacial score (nSPS) is 28.3. The zero-order valence-corrected chi connectivity index (χ0v) is 6.57. The van der Waals surface area contributed by atoms with Crippen LogP contribution >= 0.6 is 11.8 Å². The minimum Gasteiger partial charge on any atom is -0.300 e. The number of rotatable bonds is 3. The predicted octanol–water partition coefficient (Wildman–Crippen LogP) is 1.81. The molecule has 0 spiro atoms. The Bertz CT molecular complexity index is 112. The summed E-state index contributed by atoms with van der Waals surface area (Å²) in [7, 11) is 0. The van der Waals surface area contributed by atoms with Gasteiger partial charge in [-0.2, -0.15) is 11.8 Å². The van der Waals surface area contributed by atoms with Gasteiger partial charge >= 0.3 is 0 Å². The summed E-state index contributed by atoms with van der Waals surface area (Å²) < 4.78 is 12.4.